The third-order valence-corrected chi connectivity index (χ3v) is 4.74. The van der Waals surface area contributed by atoms with Crippen LogP contribution in [0.3, 0.4) is 0 Å². The predicted octanol–water partition coefficient (Wildman–Crippen LogP) is 1.09. The van der Waals surface area contributed by atoms with E-state index in [-0.39, 0.29) is 24.9 Å². The Morgan fingerprint density at radius 1 is 0.966 bits per heavy atom. The lowest BCUT2D eigenvalue weighted by Gasteiger charge is -2.15. The molecule has 1 atom stereocenters. The maximum Gasteiger partial charge on any atom is 0.279 e. The molecule has 0 spiro atoms. The summed E-state index contributed by atoms with van der Waals surface area (Å²) in [7, 11) is 4.97. The SMILES string of the molecule is COc1ccc(CNC(=O)C[NH+](C)CC(=O)Nc2cccc(C)c2C)cc1OC. The van der Waals surface area contributed by atoms with Crippen LogP contribution in [0.5, 0.6) is 11.5 Å². The van der Waals surface area contributed by atoms with Crippen LogP contribution in [0.2, 0.25) is 0 Å². The second-order valence-electron chi connectivity index (χ2n) is 7.07. The Labute approximate surface area is 172 Å². The molecule has 29 heavy (non-hydrogen) atoms. The molecule has 0 aliphatic carbocycles. The van der Waals surface area contributed by atoms with E-state index in [1.54, 1.807) is 20.3 Å². The van der Waals surface area contributed by atoms with Gasteiger partial charge in [0.05, 0.1) is 21.3 Å². The average molecular weight is 400 g/mol. The largest absolute Gasteiger partial charge is 0.493 e. The number of ether oxygens (including phenoxy) is 2. The van der Waals surface area contributed by atoms with Crippen LogP contribution in [0.1, 0.15) is 16.7 Å². The van der Waals surface area contributed by atoms with E-state index in [1.807, 2.05) is 51.2 Å². The summed E-state index contributed by atoms with van der Waals surface area (Å²) in [4.78, 5) is 25.3. The van der Waals surface area contributed by atoms with Gasteiger partial charge in [-0.05, 0) is 48.7 Å². The van der Waals surface area contributed by atoms with Gasteiger partial charge in [0, 0.05) is 12.2 Å². The molecule has 0 bridgehead atoms. The summed E-state index contributed by atoms with van der Waals surface area (Å²) < 4.78 is 10.5. The number of quaternary nitrogens is 1. The normalized spacial score (nSPS) is 11.5. The molecule has 156 valence electrons. The molecule has 3 N–H and O–H groups in total. The quantitative estimate of drug-likeness (QED) is 0.589. The number of benzene rings is 2. The summed E-state index contributed by atoms with van der Waals surface area (Å²) in [6.45, 7) is 4.76. The molecule has 0 aliphatic rings. The van der Waals surface area contributed by atoms with Gasteiger partial charge in [0.2, 0.25) is 0 Å². The number of nitrogens with one attached hydrogen (secondary N) is 3. The molecule has 2 aromatic carbocycles. The topological polar surface area (TPSA) is 81.1 Å². The van der Waals surface area contributed by atoms with Gasteiger partial charge in [0.1, 0.15) is 0 Å². The summed E-state index contributed by atoms with van der Waals surface area (Å²) in [6, 6.07) is 11.3. The molecule has 0 aliphatic heterocycles. The molecule has 0 aromatic heterocycles. The fourth-order valence-corrected chi connectivity index (χ4v) is 2.95. The Morgan fingerprint density at radius 2 is 1.66 bits per heavy atom. The minimum Gasteiger partial charge on any atom is -0.493 e. The van der Waals surface area contributed by atoms with Gasteiger partial charge in [-0.15, -0.1) is 0 Å². The van der Waals surface area contributed by atoms with E-state index in [2.05, 4.69) is 10.6 Å². The Morgan fingerprint density at radius 3 is 2.34 bits per heavy atom. The van der Waals surface area contributed by atoms with E-state index in [4.69, 9.17) is 9.47 Å². The Bertz CT molecular complexity index is 867. The molecule has 2 amide bonds. The fraction of sp³-hybridized carbons (Fsp3) is 0.364. The van der Waals surface area contributed by atoms with E-state index in [0.717, 1.165) is 27.3 Å². The molecule has 0 heterocycles. The van der Waals surface area contributed by atoms with Gasteiger partial charge in [-0.2, -0.15) is 0 Å². The van der Waals surface area contributed by atoms with Gasteiger partial charge in [-0.3, -0.25) is 9.59 Å². The van der Waals surface area contributed by atoms with Crippen LogP contribution in [0.15, 0.2) is 36.4 Å². The number of hydrogen-bond donors (Lipinski definition) is 3. The number of rotatable bonds is 9. The number of carbonyl (C=O) groups excluding carboxylic acids is 2. The maximum atomic E-state index is 12.3. The van der Waals surface area contributed by atoms with Crippen molar-refractivity contribution in [3.05, 3.63) is 53.1 Å². The van der Waals surface area contributed by atoms with Crippen LogP contribution in [-0.2, 0) is 16.1 Å². The predicted molar refractivity (Wildman–Crippen MR) is 113 cm³/mol. The van der Waals surface area contributed by atoms with Gasteiger partial charge in [0.25, 0.3) is 11.8 Å². The number of anilines is 1. The molecule has 1 unspecified atom stereocenters. The van der Waals surface area contributed by atoms with Crippen LogP contribution in [0.25, 0.3) is 0 Å². The van der Waals surface area contributed by atoms with Crippen LogP contribution in [-0.4, -0.2) is 46.2 Å². The molecular formula is C22H30N3O4+. The van der Waals surface area contributed by atoms with Crippen LogP contribution in [0.4, 0.5) is 5.69 Å². The molecule has 0 radical (unpaired) electrons. The van der Waals surface area contributed by atoms with Crippen molar-refractivity contribution in [2.24, 2.45) is 0 Å². The van der Waals surface area contributed by atoms with Gasteiger partial charge >= 0.3 is 0 Å². The second kappa shape index (κ2) is 10.5. The highest BCUT2D eigenvalue weighted by molar-refractivity contribution is 5.92. The van der Waals surface area contributed by atoms with Crippen molar-refractivity contribution in [1.29, 1.82) is 0 Å². The number of hydrogen-bond acceptors (Lipinski definition) is 4. The number of carbonyl (C=O) groups is 2. The zero-order chi connectivity index (χ0) is 21.4. The van der Waals surface area contributed by atoms with Crippen molar-refractivity contribution in [2.45, 2.75) is 20.4 Å². The highest BCUT2D eigenvalue weighted by Gasteiger charge is 2.15. The van der Waals surface area contributed by atoms with Crippen LogP contribution in [0, 0.1) is 13.8 Å². The molecule has 7 nitrogen and oxygen atoms in total. The number of amides is 2. The van der Waals surface area contributed by atoms with Crippen molar-refractivity contribution in [3.8, 4) is 11.5 Å². The summed E-state index contributed by atoms with van der Waals surface area (Å²) in [5, 5.41) is 5.79. The van der Waals surface area contributed by atoms with Crippen LogP contribution < -0.4 is 25.0 Å². The summed E-state index contributed by atoms with van der Waals surface area (Å²) in [5.41, 5.74) is 3.88. The highest BCUT2D eigenvalue weighted by atomic mass is 16.5. The molecule has 2 rings (SSSR count). The first-order valence-corrected chi connectivity index (χ1v) is 9.49. The van der Waals surface area contributed by atoms with E-state index < -0.39 is 0 Å². The van der Waals surface area contributed by atoms with Crippen molar-refractivity contribution in [1.82, 2.24) is 5.32 Å². The van der Waals surface area contributed by atoms with Gasteiger partial charge < -0.3 is 25.0 Å². The Kier molecular flexibility index (Phi) is 8.03. The van der Waals surface area contributed by atoms with E-state index >= 15 is 0 Å². The lowest BCUT2D eigenvalue weighted by molar-refractivity contribution is -0.862. The van der Waals surface area contributed by atoms with Gasteiger partial charge in [-0.1, -0.05) is 18.2 Å². The molecule has 0 saturated heterocycles. The van der Waals surface area contributed by atoms with Gasteiger partial charge in [-0.25, -0.2) is 0 Å². The summed E-state index contributed by atoms with van der Waals surface area (Å²) >= 11 is 0. The zero-order valence-corrected chi connectivity index (χ0v) is 17.7. The lowest BCUT2D eigenvalue weighted by Crippen LogP contribution is -3.11. The number of aryl methyl sites for hydroxylation is 1. The van der Waals surface area contributed by atoms with Crippen molar-refractivity contribution in [2.75, 3.05) is 39.7 Å². The van der Waals surface area contributed by atoms with E-state index in [9.17, 15) is 9.59 Å². The molecule has 2 aromatic rings. The monoisotopic (exact) mass is 400 g/mol. The van der Waals surface area contributed by atoms with Crippen molar-refractivity contribution in [3.63, 3.8) is 0 Å². The Balaban J connectivity index is 1.81. The summed E-state index contributed by atoms with van der Waals surface area (Å²) in [5.74, 6) is 1.01. The lowest BCUT2D eigenvalue weighted by atomic mass is 10.1. The summed E-state index contributed by atoms with van der Waals surface area (Å²) in [6.07, 6.45) is 0. The second-order valence-corrected chi connectivity index (χ2v) is 7.07. The molecule has 0 fully saturated rings. The highest BCUT2D eigenvalue weighted by Crippen LogP contribution is 2.27. The fourth-order valence-electron chi connectivity index (χ4n) is 2.95. The third-order valence-electron chi connectivity index (χ3n) is 4.74. The minimum atomic E-state index is -0.128. The molecular weight excluding hydrogens is 370 g/mol. The first-order valence-electron chi connectivity index (χ1n) is 9.49. The molecule has 7 heteroatoms. The first-order chi connectivity index (χ1) is 13.8. The average Bonchev–Trinajstić information content (AvgIpc) is 2.69. The number of methoxy groups -OCH3 is 2. The third kappa shape index (κ3) is 6.50. The Hall–Kier alpha value is -3.06. The standard InChI is InChI=1S/C22H29N3O4/c1-15-7-6-8-18(16(15)2)24-22(27)14-25(3)13-21(26)23-12-17-9-10-19(28-4)20(11-17)29-5/h6-11H,12-14H2,1-5H3,(H,23,26)(H,24,27)/p+1. The van der Waals surface area contributed by atoms with E-state index in [0.29, 0.717) is 18.0 Å². The first kappa shape index (κ1) is 22.2. The van der Waals surface area contributed by atoms with Crippen molar-refractivity contribution >= 4 is 17.5 Å². The minimum absolute atomic E-state index is 0.121. The zero-order valence-electron chi connectivity index (χ0n) is 17.7. The van der Waals surface area contributed by atoms with E-state index in [1.165, 1.54) is 0 Å². The smallest absolute Gasteiger partial charge is 0.279 e. The molecule has 0 saturated carbocycles. The number of likely N-dealkylation sites (N-methyl/N-ethyl adjacent to an activating group) is 1. The van der Waals surface area contributed by atoms with Crippen LogP contribution >= 0.6 is 0 Å². The van der Waals surface area contributed by atoms with Crippen molar-refractivity contribution < 1.29 is 24.0 Å². The maximum absolute atomic E-state index is 12.3. The van der Waals surface area contributed by atoms with Gasteiger partial charge in [0.15, 0.2) is 24.6 Å².